The van der Waals surface area contributed by atoms with Crippen molar-refractivity contribution >= 4 is 22.9 Å². The van der Waals surface area contributed by atoms with E-state index in [9.17, 15) is 25.2 Å². The van der Waals surface area contributed by atoms with Crippen molar-refractivity contribution in [1.29, 1.82) is 0 Å². The fourth-order valence-corrected chi connectivity index (χ4v) is 4.02. The van der Waals surface area contributed by atoms with Crippen LogP contribution in [-0.4, -0.2) is 74.9 Å². The zero-order chi connectivity index (χ0) is 19.1. The van der Waals surface area contributed by atoms with Crippen LogP contribution in [0, 0.1) is 0 Å². The predicted molar refractivity (Wildman–Crippen MR) is 98.5 cm³/mol. The molecule has 9 nitrogen and oxygen atoms in total. The number of aliphatic hydroxyl groups is 2. The molecule has 0 aliphatic carbocycles. The van der Waals surface area contributed by atoms with E-state index in [1.165, 1.54) is 4.57 Å². The Labute approximate surface area is 156 Å². The van der Waals surface area contributed by atoms with E-state index in [1.54, 1.807) is 11.0 Å². The number of carbonyl (C=O) groups excluding carboxylic acids is 1. The summed E-state index contributed by atoms with van der Waals surface area (Å²) in [6, 6.07) is 4.86. The number of aromatic hydroxyl groups is 2. The van der Waals surface area contributed by atoms with Crippen LogP contribution in [0.1, 0.15) is 18.9 Å². The highest BCUT2D eigenvalue weighted by atomic mass is 16.3. The molecule has 9 heteroatoms. The maximum Gasteiger partial charge on any atom is 0.209 e. The Kier molecular flexibility index (Phi) is 4.58. The number of benzene rings is 1. The molecule has 0 bridgehead atoms. The minimum Gasteiger partial charge on any atom is -0.494 e. The Hall–Kier alpha value is -2.49. The van der Waals surface area contributed by atoms with Crippen LogP contribution >= 0.6 is 0 Å². The number of nitrogens with one attached hydrogen (secondary N) is 1. The summed E-state index contributed by atoms with van der Waals surface area (Å²) in [5, 5.41) is 44.8. The normalized spacial score (nSPS) is 26.5. The number of hydrogen-bond acceptors (Lipinski definition) is 7. The van der Waals surface area contributed by atoms with E-state index in [-0.39, 0.29) is 11.8 Å². The largest absolute Gasteiger partial charge is 0.494 e. The number of aliphatic hydroxyl groups excluding tert-OH is 2. The van der Waals surface area contributed by atoms with E-state index < -0.39 is 18.5 Å². The van der Waals surface area contributed by atoms with Gasteiger partial charge >= 0.3 is 0 Å². The number of fused-ring (bicyclic) bond motifs is 1. The Morgan fingerprint density at radius 1 is 1.00 bits per heavy atom. The summed E-state index contributed by atoms with van der Waals surface area (Å²) in [6.45, 7) is 2.67. The number of piperidine rings is 1. The first kappa shape index (κ1) is 17.9. The van der Waals surface area contributed by atoms with E-state index in [0.717, 1.165) is 12.1 Å². The Morgan fingerprint density at radius 3 is 2.37 bits per heavy atom. The van der Waals surface area contributed by atoms with Crippen LogP contribution in [0.25, 0.3) is 10.8 Å². The summed E-state index contributed by atoms with van der Waals surface area (Å²) in [5.74, 6) is -0.222. The van der Waals surface area contributed by atoms with Crippen molar-refractivity contribution in [3.8, 4) is 11.8 Å². The van der Waals surface area contributed by atoms with E-state index in [0.29, 0.717) is 49.8 Å². The quantitative estimate of drug-likeness (QED) is 0.474. The van der Waals surface area contributed by atoms with E-state index >= 15 is 0 Å². The molecule has 3 heterocycles. The van der Waals surface area contributed by atoms with Gasteiger partial charge in [-0.25, -0.2) is 0 Å². The lowest BCUT2D eigenvalue weighted by Gasteiger charge is -2.34. The molecular formula is C18H24N4O5. The second-order valence-corrected chi connectivity index (χ2v) is 7.15. The lowest BCUT2D eigenvalue weighted by atomic mass is 10.0. The van der Waals surface area contributed by atoms with Crippen molar-refractivity contribution < 1.29 is 25.2 Å². The Balaban J connectivity index is 1.67. The summed E-state index contributed by atoms with van der Waals surface area (Å²) in [6.07, 6.45) is -0.213. The third-order valence-electron chi connectivity index (χ3n) is 5.56. The summed E-state index contributed by atoms with van der Waals surface area (Å²) >= 11 is 0. The van der Waals surface area contributed by atoms with Gasteiger partial charge in [-0.05, 0) is 31.0 Å². The lowest BCUT2D eigenvalue weighted by molar-refractivity contribution is -0.118. The SMILES string of the molecule is O=CN1CCN(c2ccc3c(O)n(C4CCC(O)NC4O)c(O)c3c2)CC1. The molecule has 4 rings (SSSR count). The van der Waals surface area contributed by atoms with Gasteiger partial charge in [0.05, 0.1) is 6.04 Å². The van der Waals surface area contributed by atoms with Gasteiger partial charge in [-0.2, -0.15) is 0 Å². The van der Waals surface area contributed by atoms with Gasteiger partial charge in [0.2, 0.25) is 18.2 Å². The average molecular weight is 376 g/mol. The third kappa shape index (κ3) is 3.07. The minimum absolute atomic E-state index is 0.109. The van der Waals surface area contributed by atoms with Crippen LogP contribution in [0.5, 0.6) is 11.8 Å². The highest BCUT2D eigenvalue weighted by Gasteiger charge is 2.33. The summed E-state index contributed by atoms with van der Waals surface area (Å²) in [7, 11) is 0. The monoisotopic (exact) mass is 376 g/mol. The molecule has 0 saturated carbocycles. The van der Waals surface area contributed by atoms with Crippen molar-refractivity contribution in [2.24, 2.45) is 0 Å². The third-order valence-corrected chi connectivity index (χ3v) is 5.56. The van der Waals surface area contributed by atoms with Crippen molar-refractivity contribution in [3.05, 3.63) is 18.2 Å². The molecule has 2 saturated heterocycles. The van der Waals surface area contributed by atoms with Crippen molar-refractivity contribution in [3.63, 3.8) is 0 Å². The Morgan fingerprint density at radius 2 is 1.70 bits per heavy atom. The number of amides is 1. The molecule has 27 heavy (non-hydrogen) atoms. The number of nitrogens with zero attached hydrogens (tertiary/aromatic N) is 3. The zero-order valence-corrected chi connectivity index (χ0v) is 14.8. The second kappa shape index (κ2) is 6.91. The van der Waals surface area contributed by atoms with E-state index in [1.807, 2.05) is 12.1 Å². The van der Waals surface area contributed by atoms with Crippen LogP contribution in [-0.2, 0) is 4.79 Å². The van der Waals surface area contributed by atoms with Crippen LogP contribution in [0.2, 0.25) is 0 Å². The van der Waals surface area contributed by atoms with Gasteiger partial charge in [-0.15, -0.1) is 0 Å². The molecule has 2 aromatic rings. The van der Waals surface area contributed by atoms with Crippen LogP contribution in [0.15, 0.2) is 18.2 Å². The number of anilines is 1. The topological polar surface area (TPSA) is 121 Å². The molecule has 3 unspecified atom stereocenters. The highest BCUT2D eigenvalue weighted by molar-refractivity contribution is 5.95. The highest BCUT2D eigenvalue weighted by Crippen LogP contribution is 2.43. The molecule has 2 aliphatic rings. The first-order valence-electron chi connectivity index (χ1n) is 9.12. The molecule has 1 aromatic heterocycles. The van der Waals surface area contributed by atoms with Crippen LogP contribution in [0.3, 0.4) is 0 Å². The van der Waals surface area contributed by atoms with Crippen LogP contribution < -0.4 is 10.2 Å². The fraction of sp³-hybridized carbons (Fsp3) is 0.500. The van der Waals surface area contributed by atoms with Gasteiger partial charge in [-0.3, -0.25) is 14.7 Å². The molecule has 3 atom stereocenters. The molecular weight excluding hydrogens is 352 g/mol. The number of aromatic nitrogens is 1. The van der Waals surface area contributed by atoms with Crippen molar-refractivity contribution in [2.75, 3.05) is 31.1 Å². The number of hydrogen-bond donors (Lipinski definition) is 5. The first-order valence-corrected chi connectivity index (χ1v) is 9.12. The molecule has 2 fully saturated rings. The summed E-state index contributed by atoms with van der Waals surface area (Å²) < 4.78 is 1.32. The average Bonchev–Trinajstić information content (AvgIpc) is 2.92. The molecule has 2 aliphatic heterocycles. The van der Waals surface area contributed by atoms with E-state index in [2.05, 4.69) is 10.2 Å². The molecule has 1 amide bonds. The van der Waals surface area contributed by atoms with Gasteiger partial charge in [0, 0.05) is 42.6 Å². The first-order chi connectivity index (χ1) is 13.0. The maximum absolute atomic E-state index is 10.9. The summed E-state index contributed by atoms with van der Waals surface area (Å²) in [4.78, 5) is 14.7. The molecule has 1 aromatic carbocycles. The smallest absolute Gasteiger partial charge is 0.209 e. The Bertz CT molecular complexity index is 846. The van der Waals surface area contributed by atoms with Gasteiger partial charge in [-0.1, -0.05) is 0 Å². The van der Waals surface area contributed by atoms with Gasteiger partial charge < -0.3 is 30.2 Å². The number of piperazine rings is 1. The molecule has 146 valence electrons. The minimum atomic E-state index is -1.08. The zero-order valence-electron chi connectivity index (χ0n) is 14.8. The fourth-order valence-electron chi connectivity index (χ4n) is 4.02. The van der Waals surface area contributed by atoms with E-state index in [4.69, 9.17) is 0 Å². The standard InChI is InChI=1S/C18H24N4O5/c23-10-20-5-7-21(8-6-20)11-1-2-12-13(9-11)18(27)22(17(12)26)14-3-4-15(24)19-16(14)25/h1-2,9-10,14-16,19,24-27H,3-8H2. The molecule has 0 radical (unpaired) electrons. The second-order valence-electron chi connectivity index (χ2n) is 7.15. The molecule has 5 N–H and O–H groups in total. The van der Waals surface area contributed by atoms with Gasteiger partial charge in [0.15, 0.2) is 0 Å². The maximum atomic E-state index is 10.9. The predicted octanol–water partition coefficient (Wildman–Crippen LogP) is -0.108. The summed E-state index contributed by atoms with van der Waals surface area (Å²) in [5.41, 5.74) is 0.901. The van der Waals surface area contributed by atoms with Gasteiger partial charge in [0.25, 0.3) is 0 Å². The lowest BCUT2D eigenvalue weighted by Crippen LogP contribution is -2.47. The number of carbonyl (C=O) groups is 1. The molecule has 0 spiro atoms. The number of rotatable bonds is 3. The van der Waals surface area contributed by atoms with Crippen molar-refractivity contribution in [2.45, 2.75) is 31.3 Å². The van der Waals surface area contributed by atoms with Crippen molar-refractivity contribution in [1.82, 2.24) is 14.8 Å². The van der Waals surface area contributed by atoms with Gasteiger partial charge in [0.1, 0.15) is 12.5 Å². The van der Waals surface area contributed by atoms with Crippen LogP contribution in [0.4, 0.5) is 5.69 Å².